The molecule has 0 heterocycles. The van der Waals surface area contributed by atoms with Crippen LogP contribution >= 0.6 is 0 Å². The van der Waals surface area contributed by atoms with Crippen LogP contribution in [0, 0.1) is 0 Å². The zero-order valence-electron chi connectivity index (χ0n) is 27.8. The molecule has 0 aromatic heterocycles. The number of rotatable bonds is 10. The zero-order chi connectivity index (χ0) is 32.9. The maximum Gasteiger partial charge on any atom is 2.00 e. The Bertz CT molecular complexity index is 1500. The minimum absolute atomic E-state index is 0. The van der Waals surface area contributed by atoms with E-state index in [0.717, 1.165) is 36.8 Å². The van der Waals surface area contributed by atoms with Crippen molar-refractivity contribution >= 4 is 34.6 Å². The Hall–Kier alpha value is -3.81. The topological polar surface area (TPSA) is 112 Å². The minimum atomic E-state index is -0.611. The fourth-order valence-electron chi connectivity index (χ4n) is 5.45. The van der Waals surface area contributed by atoms with Gasteiger partial charge in [-0.15, -0.1) is 0 Å². The first kappa shape index (κ1) is 37.6. The summed E-state index contributed by atoms with van der Waals surface area (Å²) in [6, 6.07) is 31.1. The van der Waals surface area contributed by atoms with Gasteiger partial charge in [-0.3, -0.25) is 14.2 Å². The molecule has 9 heteroatoms. The SMILES string of the molecule is CS(C)=O.C[C@H](Nc1cccc(C=N[C@H]2CCCC[C@@H]2N=Cc2cccc(N[C@@H](C)c3ccccc3)c2[O-])c1[O-])c1ccccc1.[Zn+2]. The van der Waals surface area contributed by atoms with Crippen molar-refractivity contribution in [3.05, 3.63) is 119 Å². The quantitative estimate of drug-likeness (QED) is 0.136. The third-order valence-electron chi connectivity index (χ3n) is 7.94. The molecule has 0 aliphatic heterocycles. The predicted octanol–water partition coefficient (Wildman–Crippen LogP) is 7.02. The number of benzene rings is 4. The van der Waals surface area contributed by atoms with E-state index in [2.05, 4.69) is 10.6 Å². The molecular weight excluding hydrogens is 658 g/mol. The average molecular weight is 702 g/mol. The first-order chi connectivity index (χ1) is 22.2. The van der Waals surface area contributed by atoms with E-state index in [1.165, 1.54) is 0 Å². The van der Waals surface area contributed by atoms with Gasteiger partial charge in [-0.25, -0.2) is 0 Å². The molecule has 7 nitrogen and oxygen atoms in total. The number of para-hydroxylation sites is 2. The van der Waals surface area contributed by atoms with Crippen molar-refractivity contribution < 1.29 is 33.9 Å². The molecule has 5 rings (SSSR count). The first-order valence-electron chi connectivity index (χ1n) is 15.8. The third-order valence-corrected chi connectivity index (χ3v) is 7.94. The van der Waals surface area contributed by atoms with Crippen LogP contribution in [0.3, 0.4) is 0 Å². The van der Waals surface area contributed by atoms with Crippen LogP contribution in [0.25, 0.3) is 0 Å². The van der Waals surface area contributed by atoms with Crippen molar-refractivity contribution in [2.24, 2.45) is 9.98 Å². The molecule has 0 amide bonds. The van der Waals surface area contributed by atoms with Gasteiger partial charge in [-0.2, -0.15) is 0 Å². The standard InChI is InChI=1S/C36H40N4O2.C2H6OS.Zn/c1-25(27-13-5-3-6-14-27)39-33-21-11-17-29(35(33)41)23-37-31-19-9-10-20-32(31)38-24-30-18-12-22-34(36(30)42)40-26(2)28-15-7-4-8-16-28;1-4(2)3;/h3-8,11-18,21-26,31-32,39-42H,9-10,19-20H2,1-2H3;1-2H3;/q;;+2/p-2/t25-,26-,31-,32-;;/m0../s1. The second kappa shape index (κ2) is 19.1. The monoisotopic (exact) mass is 700 g/mol. The number of aliphatic imine (C=N–C) groups is 2. The van der Waals surface area contributed by atoms with Gasteiger partial charge >= 0.3 is 19.5 Å². The third kappa shape index (κ3) is 11.4. The molecule has 1 fully saturated rings. The zero-order valence-corrected chi connectivity index (χ0v) is 31.5. The number of hydrogen-bond donors (Lipinski definition) is 2. The van der Waals surface area contributed by atoms with Crippen LogP contribution in [0.2, 0.25) is 0 Å². The Morgan fingerprint density at radius 2 is 1.02 bits per heavy atom. The average Bonchev–Trinajstić information content (AvgIpc) is 3.06. The van der Waals surface area contributed by atoms with Crippen molar-refractivity contribution in [3.63, 3.8) is 0 Å². The fraction of sp³-hybridized carbons (Fsp3) is 0.316. The van der Waals surface area contributed by atoms with Crippen molar-refractivity contribution in [2.75, 3.05) is 23.1 Å². The molecule has 4 aromatic carbocycles. The van der Waals surface area contributed by atoms with E-state index >= 15 is 0 Å². The summed E-state index contributed by atoms with van der Waals surface area (Å²) in [6.45, 7) is 4.09. The Morgan fingerprint density at radius 3 is 1.38 bits per heavy atom. The van der Waals surface area contributed by atoms with Gasteiger partial charge in [-0.05, 0) is 61.1 Å². The largest absolute Gasteiger partial charge is 2.00 e. The van der Waals surface area contributed by atoms with Crippen molar-refractivity contribution in [1.29, 1.82) is 0 Å². The van der Waals surface area contributed by atoms with Crippen LogP contribution in [0.4, 0.5) is 11.4 Å². The Balaban J connectivity index is 0.00000114. The number of hydrogen-bond acceptors (Lipinski definition) is 7. The van der Waals surface area contributed by atoms with Crippen molar-refractivity contribution in [2.45, 2.75) is 63.7 Å². The van der Waals surface area contributed by atoms with Gasteiger partial charge in [0, 0.05) is 59.2 Å². The van der Waals surface area contributed by atoms with E-state index in [-0.39, 0.29) is 55.1 Å². The van der Waals surface area contributed by atoms with Crippen LogP contribution in [0.15, 0.2) is 107 Å². The van der Waals surface area contributed by atoms with Gasteiger partial charge in [0.1, 0.15) is 0 Å². The van der Waals surface area contributed by atoms with Crippen LogP contribution in [0.1, 0.15) is 73.9 Å². The number of anilines is 2. The molecule has 4 aromatic rings. The molecule has 1 aliphatic carbocycles. The van der Waals surface area contributed by atoms with E-state index in [9.17, 15) is 14.4 Å². The second-order valence-corrected chi connectivity index (χ2v) is 13.2. The van der Waals surface area contributed by atoms with Crippen LogP contribution in [-0.4, -0.2) is 41.2 Å². The molecule has 0 radical (unpaired) electrons. The number of nitrogens with zero attached hydrogens (tertiary/aromatic N) is 2. The van der Waals surface area contributed by atoms with Crippen LogP contribution in [-0.2, 0) is 30.3 Å². The van der Waals surface area contributed by atoms with E-state index in [0.29, 0.717) is 22.5 Å². The summed E-state index contributed by atoms with van der Waals surface area (Å²) >= 11 is 0. The number of nitrogens with one attached hydrogen (secondary N) is 2. The van der Waals surface area contributed by atoms with E-state index < -0.39 is 10.8 Å². The van der Waals surface area contributed by atoms with Gasteiger partial charge in [0.05, 0.1) is 12.1 Å². The Kier molecular flexibility index (Phi) is 15.3. The Morgan fingerprint density at radius 1 is 0.660 bits per heavy atom. The summed E-state index contributed by atoms with van der Waals surface area (Å²) in [6.07, 6.45) is 10.6. The summed E-state index contributed by atoms with van der Waals surface area (Å²) < 4.78 is 9.56. The van der Waals surface area contributed by atoms with E-state index in [4.69, 9.17) is 9.98 Å². The van der Waals surface area contributed by atoms with Gasteiger partial charge < -0.3 is 20.8 Å². The van der Waals surface area contributed by atoms with E-state index in [1.54, 1.807) is 24.9 Å². The smallest absolute Gasteiger partial charge is 0.871 e. The molecule has 1 saturated carbocycles. The first-order valence-corrected chi connectivity index (χ1v) is 17.7. The molecule has 242 valence electrons. The normalized spacial score (nSPS) is 17.4. The maximum atomic E-state index is 13.2. The summed E-state index contributed by atoms with van der Waals surface area (Å²) in [5.41, 5.74) is 4.47. The van der Waals surface area contributed by atoms with Crippen molar-refractivity contribution in [3.8, 4) is 11.5 Å². The Labute approximate surface area is 294 Å². The molecule has 2 N–H and O–H groups in total. The van der Waals surface area contributed by atoms with Crippen molar-refractivity contribution in [1.82, 2.24) is 0 Å². The fourth-order valence-corrected chi connectivity index (χ4v) is 5.45. The molecule has 0 bridgehead atoms. The molecule has 0 saturated heterocycles. The van der Waals surface area contributed by atoms with Crippen LogP contribution in [0.5, 0.6) is 11.5 Å². The summed E-state index contributed by atoms with van der Waals surface area (Å²) in [5, 5.41) is 33.1. The molecule has 0 spiro atoms. The summed E-state index contributed by atoms with van der Waals surface area (Å²) in [5.74, 6) is -0.130. The summed E-state index contributed by atoms with van der Waals surface area (Å²) in [4.78, 5) is 9.68. The van der Waals surface area contributed by atoms with Gasteiger partial charge in [0.2, 0.25) is 0 Å². The minimum Gasteiger partial charge on any atom is -0.871 e. The van der Waals surface area contributed by atoms with Gasteiger partial charge in [0.25, 0.3) is 0 Å². The van der Waals surface area contributed by atoms with E-state index in [1.807, 2.05) is 111 Å². The summed E-state index contributed by atoms with van der Waals surface area (Å²) in [7, 11) is -0.611. The molecule has 4 atom stereocenters. The van der Waals surface area contributed by atoms with Gasteiger partial charge in [-0.1, -0.05) is 109 Å². The predicted molar refractivity (Wildman–Crippen MR) is 190 cm³/mol. The second-order valence-electron chi connectivity index (χ2n) is 11.7. The molecule has 0 unspecified atom stereocenters. The van der Waals surface area contributed by atoms with Crippen LogP contribution < -0.4 is 20.8 Å². The van der Waals surface area contributed by atoms with Gasteiger partial charge in [0.15, 0.2) is 0 Å². The molecule has 47 heavy (non-hydrogen) atoms. The molecule has 1 aliphatic rings. The maximum absolute atomic E-state index is 13.2. The molecular formula is C38H44N4O3SZn.